The minimum absolute atomic E-state index is 0.0939. The first kappa shape index (κ1) is 19.0. The molecule has 2 aromatic heterocycles. The molecule has 0 saturated heterocycles. The number of benzene rings is 1. The molecule has 0 radical (unpaired) electrons. The van der Waals surface area contributed by atoms with E-state index in [2.05, 4.69) is 32.2 Å². The van der Waals surface area contributed by atoms with Gasteiger partial charge in [-0.3, -0.25) is 4.79 Å². The van der Waals surface area contributed by atoms with Crippen LogP contribution in [0.4, 0.5) is 0 Å². The van der Waals surface area contributed by atoms with Crippen LogP contribution in [0.3, 0.4) is 0 Å². The molecule has 0 spiro atoms. The Morgan fingerprint density at radius 3 is 2.59 bits per heavy atom. The van der Waals surface area contributed by atoms with Crippen LogP contribution in [-0.2, 0) is 7.05 Å². The van der Waals surface area contributed by atoms with Gasteiger partial charge in [0.05, 0.1) is 11.4 Å². The maximum absolute atomic E-state index is 12.9. The van der Waals surface area contributed by atoms with Crippen molar-refractivity contribution in [3.8, 4) is 17.1 Å². The lowest BCUT2D eigenvalue weighted by Crippen LogP contribution is -2.27. The van der Waals surface area contributed by atoms with Crippen LogP contribution in [-0.4, -0.2) is 26.8 Å². The van der Waals surface area contributed by atoms with Crippen molar-refractivity contribution in [2.24, 2.45) is 13.0 Å². The van der Waals surface area contributed by atoms with Crippen LogP contribution in [0.2, 0.25) is 0 Å². The van der Waals surface area contributed by atoms with Crippen molar-refractivity contribution in [3.05, 3.63) is 59.4 Å². The summed E-state index contributed by atoms with van der Waals surface area (Å²) >= 11 is 0. The number of hydrogen-bond acceptors (Lipinski definition) is 2. The summed E-state index contributed by atoms with van der Waals surface area (Å²) in [4.78, 5) is 12.9. The second-order valence-electron chi connectivity index (χ2n) is 7.56. The Bertz CT molecular complexity index is 949. The Kier molecular flexibility index (Phi) is 5.49. The van der Waals surface area contributed by atoms with Gasteiger partial charge in [-0.05, 0) is 56.0 Å². The number of aryl methyl sites for hydroxylation is 3. The van der Waals surface area contributed by atoms with Crippen LogP contribution >= 0.6 is 0 Å². The maximum Gasteiger partial charge on any atom is 0.270 e. The topological polar surface area (TPSA) is 51.9 Å². The van der Waals surface area contributed by atoms with Crippen LogP contribution in [0, 0.1) is 19.8 Å². The molecule has 0 saturated carbocycles. The fourth-order valence-corrected chi connectivity index (χ4v) is 3.19. The van der Waals surface area contributed by atoms with Gasteiger partial charge in [-0.2, -0.15) is 5.10 Å². The van der Waals surface area contributed by atoms with Crippen molar-refractivity contribution < 1.29 is 4.79 Å². The Labute approximate surface area is 161 Å². The third-order valence-corrected chi connectivity index (χ3v) is 4.74. The van der Waals surface area contributed by atoms with E-state index in [0.29, 0.717) is 18.2 Å². The van der Waals surface area contributed by atoms with Gasteiger partial charge in [-0.25, -0.2) is 4.68 Å². The SMILES string of the molecule is Cc1ccc(-n2nc(-c3cccn3C)cc2C(=O)NCCC(C)C)c(C)c1. The van der Waals surface area contributed by atoms with Gasteiger partial charge in [0.1, 0.15) is 11.4 Å². The summed E-state index contributed by atoms with van der Waals surface area (Å²) in [5.74, 6) is 0.456. The molecule has 2 heterocycles. The van der Waals surface area contributed by atoms with Crippen LogP contribution in [0.15, 0.2) is 42.6 Å². The van der Waals surface area contributed by atoms with Crippen molar-refractivity contribution >= 4 is 5.91 Å². The minimum Gasteiger partial charge on any atom is -0.351 e. The third-order valence-electron chi connectivity index (χ3n) is 4.74. The first-order valence-corrected chi connectivity index (χ1v) is 9.44. The molecule has 5 nitrogen and oxygen atoms in total. The number of carbonyl (C=O) groups is 1. The minimum atomic E-state index is -0.0939. The summed E-state index contributed by atoms with van der Waals surface area (Å²) < 4.78 is 3.77. The molecule has 0 atom stereocenters. The van der Waals surface area contributed by atoms with Crippen molar-refractivity contribution in [3.63, 3.8) is 0 Å². The summed E-state index contributed by atoms with van der Waals surface area (Å²) in [5.41, 5.74) is 5.53. The molecule has 0 aliphatic heterocycles. The molecule has 0 bridgehead atoms. The molecule has 1 N–H and O–H groups in total. The fraction of sp³-hybridized carbons (Fsp3) is 0.364. The Hall–Kier alpha value is -2.82. The highest BCUT2D eigenvalue weighted by molar-refractivity contribution is 5.94. The zero-order chi connectivity index (χ0) is 19.6. The van der Waals surface area contributed by atoms with Crippen molar-refractivity contribution in [1.29, 1.82) is 0 Å². The molecule has 3 aromatic rings. The monoisotopic (exact) mass is 364 g/mol. The number of nitrogens with zero attached hydrogens (tertiary/aromatic N) is 3. The Morgan fingerprint density at radius 1 is 1.19 bits per heavy atom. The number of rotatable bonds is 6. The van der Waals surface area contributed by atoms with E-state index in [0.717, 1.165) is 29.1 Å². The normalized spacial score (nSPS) is 11.2. The lowest BCUT2D eigenvalue weighted by molar-refractivity contribution is 0.0944. The lowest BCUT2D eigenvalue weighted by Gasteiger charge is -2.12. The van der Waals surface area contributed by atoms with Crippen molar-refractivity contribution in [2.45, 2.75) is 34.1 Å². The average molecular weight is 364 g/mol. The summed E-state index contributed by atoms with van der Waals surface area (Å²) in [7, 11) is 1.98. The number of carbonyl (C=O) groups excluding carboxylic acids is 1. The molecule has 0 fully saturated rings. The van der Waals surface area contributed by atoms with Crippen LogP contribution in [0.5, 0.6) is 0 Å². The van der Waals surface area contributed by atoms with E-state index < -0.39 is 0 Å². The zero-order valence-electron chi connectivity index (χ0n) is 16.8. The smallest absolute Gasteiger partial charge is 0.270 e. The molecular formula is C22H28N4O. The number of amides is 1. The lowest BCUT2D eigenvalue weighted by atomic mass is 10.1. The summed E-state index contributed by atoms with van der Waals surface area (Å²) in [6.45, 7) is 9.08. The highest BCUT2D eigenvalue weighted by Crippen LogP contribution is 2.24. The van der Waals surface area contributed by atoms with E-state index in [9.17, 15) is 4.79 Å². The van der Waals surface area contributed by atoms with E-state index in [1.807, 2.05) is 55.1 Å². The first-order chi connectivity index (χ1) is 12.9. The Balaban J connectivity index is 2.03. The number of hydrogen-bond donors (Lipinski definition) is 1. The second kappa shape index (κ2) is 7.82. The highest BCUT2D eigenvalue weighted by atomic mass is 16.2. The van der Waals surface area contributed by atoms with Gasteiger partial charge in [-0.15, -0.1) is 0 Å². The number of nitrogens with one attached hydrogen (secondary N) is 1. The molecule has 5 heteroatoms. The van der Waals surface area contributed by atoms with E-state index in [-0.39, 0.29) is 5.91 Å². The predicted molar refractivity (Wildman–Crippen MR) is 109 cm³/mol. The van der Waals surface area contributed by atoms with Crippen LogP contribution in [0.25, 0.3) is 17.1 Å². The van der Waals surface area contributed by atoms with E-state index >= 15 is 0 Å². The Morgan fingerprint density at radius 2 is 1.96 bits per heavy atom. The largest absolute Gasteiger partial charge is 0.351 e. The van der Waals surface area contributed by atoms with Gasteiger partial charge >= 0.3 is 0 Å². The molecule has 0 aliphatic rings. The van der Waals surface area contributed by atoms with E-state index in [1.165, 1.54) is 5.56 Å². The first-order valence-electron chi connectivity index (χ1n) is 9.44. The summed E-state index contributed by atoms with van der Waals surface area (Å²) in [6, 6.07) is 12.0. The molecule has 1 amide bonds. The van der Waals surface area contributed by atoms with Gasteiger partial charge in [0.2, 0.25) is 0 Å². The second-order valence-corrected chi connectivity index (χ2v) is 7.56. The summed E-state index contributed by atoms with van der Waals surface area (Å²) in [5, 5.41) is 7.81. The zero-order valence-corrected chi connectivity index (χ0v) is 16.8. The third kappa shape index (κ3) is 4.13. The number of aromatic nitrogens is 3. The van der Waals surface area contributed by atoms with Gasteiger partial charge in [0.15, 0.2) is 0 Å². The highest BCUT2D eigenvalue weighted by Gasteiger charge is 2.19. The molecule has 0 aliphatic carbocycles. The van der Waals surface area contributed by atoms with Crippen molar-refractivity contribution in [1.82, 2.24) is 19.7 Å². The molecule has 27 heavy (non-hydrogen) atoms. The quantitative estimate of drug-likeness (QED) is 0.710. The average Bonchev–Trinajstić information content (AvgIpc) is 3.20. The van der Waals surface area contributed by atoms with Crippen LogP contribution < -0.4 is 5.32 Å². The van der Waals surface area contributed by atoms with Gasteiger partial charge in [-0.1, -0.05) is 31.5 Å². The molecule has 142 valence electrons. The van der Waals surface area contributed by atoms with Gasteiger partial charge < -0.3 is 9.88 Å². The maximum atomic E-state index is 12.9. The van der Waals surface area contributed by atoms with Crippen molar-refractivity contribution in [2.75, 3.05) is 6.54 Å². The standard InChI is InChI=1S/C22H28N4O/c1-15(2)10-11-23-22(27)21-14-18(20-7-6-12-25(20)5)24-26(21)19-9-8-16(3)13-17(19)4/h6-9,12-15H,10-11H2,1-5H3,(H,23,27). The van der Waals surface area contributed by atoms with E-state index in [4.69, 9.17) is 5.10 Å². The predicted octanol–water partition coefficient (Wildman–Crippen LogP) is 4.27. The van der Waals surface area contributed by atoms with Gasteiger partial charge in [0.25, 0.3) is 5.91 Å². The molecule has 0 unspecified atom stereocenters. The molecular weight excluding hydrogens is 336 g/mol. The molecule has 1 aromatic carbocycles. The van der Waals surface area contributed by atoms with Crippen LogP contribution in [0.1, 0.15) is 41.9 Å². The summed E-state index contributed by atoms with van der Waals surface area (Å²) in [6.07, 6.45) is 2.93. The van der Waals surface area contributed by atoms with E-state index in [1.54, 1.807) is 4.68 Å². The molecule has 3 rings (SSSR count). The van der Waals surface area contributed by atoms with Gasteiger partial charge in [0, 0.05) is 19.8 Å². The fourth-order valence-electron chi connectivity index (χ4n) is 3.19.